The molecule has 0 radical (unpaired) electrons. The van der Waals surface area contributed by atoms with Crippen LogP contribution in [0.15, 0.2) is 91.0 Å². The largest absolute Gasteiger partial charge is 1.00 e. The van der Waals surface area contributed by atoms with Crippen LogP contribution in [0.4, 0.5) is 0 Å². The van der Waals surface area contributed by atoms with Crippen LogP contribution in [0.25, 0.3) is 0 Å². The molecule has 0 bridgehead atoms. The molecule has 98 valence electrons. The van der Waals surface area contributed by atoms with Crippen molar-refractivity contribution in [3.63, 3.8) is 0 Å². The summed E-state index contributed by atoms with van der Waals surface area (Å²) < 4.78 is 0. The molecule has 0 fully saturated rings. The van der Waals surface area contributed by atoms with E-state index in [0.717, 1.165) is 16.4 Å². The maximum atomic E-state index is 11.5. The van der Waals surface area contributed by atoms with Gasteiger partial charge in [-0.1, -0.05) is 91.0 Å². The van der Waals surface area contributed by atoms with Crippen molar-refractivity contribution in [3.05, 3.63) is 91.0 Å². The van der Waals surface area contributed by atoms with Crippen molar-refractivity contribution in [1.82, 2.24) is 0 Å². The summed E-state index contributed by atoms with van der Waals surface area (Å²) >= 11 is 0. The van der Waals surface area contributed by atoms with Gasteiger partial charge in [0.25, 0.3) is 0 Å². The van der Waals surface area contributed by atoms with E-state index in [2.05, 4.69) is 0 Å². The summed E-state index contributed by atoms with van der Waals surface area (Å²) in [6, 6.07) is 29.6. The molecule has 1 N–H and O–H groups in total. The van der Waals surface area contributed by atoms with Crippen molar-refractivity contribution in [2.24, 2.45) is 0 Å². The van der Waals surface area contributed by atoms with Crippen molar-refractivity contribution in [2.75, 3.05) is 0 Å². The maximum absolute atomic E-state index is 11.5. The van der Waals surface area contributed by atoms with Gasteiger partial charge in [-0.3, -0.25) is 0 Å². The van der Waals surface area contributed by atoms with Crippen LogP contribution in [0.3, 0.4) is 0 Å². The van der Waals surface area contributed by atoms with Crippen LogP contribution < -0.4 is 85.3 Å². The quantitative estimate of drug-likeness (QED) is 0.547. The second-order valence-corrected chi connectivity index (χ2v) is 5.05. The van der Waals surface area contributed by atoms with Crippen LogP contribution in [0.5, 0.6) is 0 Å². The monoisotopic (exact) mass is 392 g/mol. The fraction of sp³-hybridized carbons (Fsp3) is 0. The molecule has 0 spiro atoms. The second-order valence-electron chi connectivity index (χ2n) is 5.05. The van der Waals surface area contributed by atoms with Crippen molar-refractivity contribution in [3.8, 4) is 0 Å². The van der Waals surface area contributed by atoms with Gasteiger partial charge in [-0.25, -0.2) is 0 Å². The minimum absolute atomic E-state index is 0. The zero-order valence-electron chi connectivity index (χ0n) is 12.2. The van der Waals surface area contributed by atoms with E-state index in [1.165, 1.54) is 0 Å². The molecule has 0 atom stereocenters. The fourth-order valence-electron chi connectivity index (χ4n) is 2.77. The van der Waals surface area contributed by atoms with E-state index in [-0.39, 0.29) is 68.9 Å². The van der Waals surface area contributed by atoms with Gasteiger partial charge in [0.15, 0.2) is 6.35 Å². The Morgan fingerprint density at radius 2 is 0.714 bits per heavy atom. The predicted molar refractivity (Wildman–Crippen MR) is 86.2 cm³/mol. The van der Waals surface area contributed by atoms with Gasteiger partial charge in [0, 0.05) is 0 Å². The third-order valence-corrected chi connectivity index (χ3v) is 3.85. The first-order valence-electron chi connectivity index (χ1n) is 6.86. The Labute approximate surface area is 184 Å². The molecule has 0 amide bonds. The van der Waals surface area contributed by atoms with Gasteiger partial charge in [0.1, 0.15) is 0 Å². The van der Waals surface area contributed by atoms with Gasteiger partial charge in [0.05, 0.1) is 0 Å². The van der Waals surface area contributed by atoms with Crippen molar-refractivity contribution >= 4 is 22.7 Å². The summed E-state index contributed by atoms with van der Waals surface area (Å²) in [5.74, 6) is 0. The van der Waals surface area contributed by atoms with Crippen LogP contribution in [0, 0.1) is 0 Å². The Morgan fingerprint density at radius 3 is 0.952 bits per heavy atom. The Balaban J connectivity index is 0.00000161. The average molecular weight is 392 g/mol. The van der Waals surface area contributed by atoms with Crippen LogP contribution in [-0.2, 0) is 0 Å². The molecule has 0 aliphatic carbocycles. The van der Waals surface area contributed by atoms with E-state index in [9.17, 15) is 5.02 Å². The number of hydrogen-bond acceptors (Lipinski definition) is 1. The molecule has 3 aromatic carbocycles. The summed E-state index contributed by atoms with van der Waals surface area (Å²) in [4.78, 5) is 0. The molecule has 1 nitrogen and oxygen atoms in total. The molecule has 0 aliphatic heterocycles. The molecular formula is C18H16BCsO. The standard InChI is InChI=1S/C18H16BO.Cs/c20-19(16-10-4-1-5-11-16,17-12-6-2-7-13-17)18-14-8-3-9-15-18;/h1-15,20H;/q-1;+1. The van der Waals surface area contributed by atoms with Gasteiger partial charge < -0.3 is 5.02 Å². The fourth-order valence-corrected chi connectivity index (χ4v) is 2.77. The summed E-state index contributed by atoms with van der Waals surface area (Å²) in [7, 11) is 0. The number of benzene rings is 3. The molecule has 3 heteroatoms. The number of rotatable bonds is 3. The molecule has 0 aliphatic rings. The first-order chi connectivity index (χ1) is 9.82. The van der Waals surface area contributed by atoms with E-state index >= 15 is 0 Å². The normalized spacial score (nSPS) is 10.7. The number of hydrogen-bond donors (Lipinski definition) is 1. The van der Waals surface area contributed by atoms with Crippen molar-refractivity contribution in [1.29, 1.82) is 0 Å². The molecule has 3 rings (SSSR count). The molecular weight excluding hydrogens is 376 g/mol. The van der Waals surface area contributed by atoms with E-state index in [1.807, 2.05) is 91.0 Å². The van der Waals surface area contributed by atoms with E-state index in [1.54, 1.807) is 0 Å². The molecule has 0 aromatic heterocycles. The molecule has 0 unspecified atom stereocenters. The minimum atomic E-state index is -1.91. The van der Waals surface area contributed by atoms with Gasteiger partial charge in [0.2, 0.25) is 0 Å². The zero-order valence-corrected chi connectivity index (χ0v) is 18.5. The molecule has 0 saturated carbocycles. The van der Waals surface area contributed by atoms with Crippen LogP contribution in [0.1, 0.15) is 0 Å². The smallest absolute Gasteiger partial charge is 0.594 e. The Hall–Kier alpha value is -0.263. The second kappa shape index (κ2) is 7.84. The summed E-state index contributed by atoms with van der Waals surface area (Å²) in [6.45, 7) is 0. The Morgan fingerprint density at radius 1 is 0.476 bits per heavy atom. The van der Waals surface area contributed by atoms with Crippen LogP contribution >= 0.6 is 0 Å². The first-order valence-corrected chi connectivity index (χ1v) is 6.86. The molecule has 0 heterocycles. The van der Waals surface area contributed by atoms with Gasteiger partial charge >= 0.3 is 68.9 Å². The minimum Gasteiger partial charge on any atom is -0.594 e. The Kier molecular flexibility index (Phi) is 6.38. The van der Waals surface area contributed by atoms with E-state index in [0.29, 0.717) is 0 Å². The van der Waals surface area contributed by atoms with Crippen molar-refractivity contribution < 1.29 is 73.9 Å². The Bertz CT molecular complexity index is 575. The molecule has 0 saturated heterocycles. The van der Waals surface area contributed by atoms with Gasteiger partial charge in [-0.15, -0.1) is 0 Å². The molecule has 3 aromatic rings. The summed E-state index contributed by atoms with van der Waals surface area (Å²) in [5, 5.41) is 11.5. The first kappa shape index (κ1) is 17.1. The molecule has 21 heavy (non-hydrogen) atoms. The summed E-state index contributed by atoms with van der Waals surface area (Å²) in [5.41, 5.74) is 2.81. The third-order valence-electron chi connectivity index (χ3n) is 3.85. The topological polar surface area (TPSA) is 20.2 Å². The van der Waals surface area contributed by atoms with E-state index < -0.39 is 6.35 Å². The van der Waals surface area contributed by atoms with Gasteiger partial charge in [-0.05, 0) is 0 Å². The summed E-state index contributed by atoms with van der Waals surface area (Å²) in [6.07, 6.45) is -1.91. The van der Waals surface area contributed by atoms with Crippen LogP contribution in [-0.4, -0.2) is 11.4 Å². The SMILES string of the molecule is O[B-](c1ccccc1)(c1ccccc1)c1ccccc1.[Cs+]. The van der Waals surface area contributed by atoms with Crippen LogP contribution in [0.2, 0.25) is 0 Å². The maximum Gasteiger partial charge on any atom is 1.00 e. The third kappa shape index (κ3) is 3.56. The average Bonchev–Trinajstić information content (AvgIpc) is 2.56. The van der Waals surface area contributed by atoms with Crippen molar-refractivity contribution in [2.45, 2.75) is 0 Å². The van der Waals surface area contributed by atoms with Gasteiger partial charge in [-0.2, -0.15) is 16.4 Å². The van der Waals surface area contributed by atoms with E-state index in [4.69, 9.17) is 0 Å². The predicted octanol–water partition coefficient (Wildman–Crippen LogP) is -1.35. The zero-order chi connectivity index (χ0) is 13.8.